The lowest BCUT2D eigenvalue weighted by molar-refractivity contribution is -0.155. The van der Waals surface area contributed by atoms with Crippen LogP contribution in [0.15, 0.2) is 18.2 Å². The predicted octanol–water partition coefficient (Wildman–Crippen LogP) is 5.73. The van der Waals surface area contributed by atoms with Crippen molar-refractivity contribution < 1.29 is 47.6 Å². The lowest BCUT2D eigenvalue weighted by atomic mass is 9.86. The molecule has 0 aliphatic rings. The molecule has 0 spiro atoms. The average Bonchev–Trinajstić information content (AvgIpc) is 2.87. The smallest absolute Gasteiger partial charge is 0.468 e. The monoisotopic (exact) mass is 581 g/mol. The van der Waals surface area contributed by atoms with E-state index in [4.69, 9.17) is 34.2 Å². The first-order valence-corrected chi connectivity index (χ1v) is 14.1. The molecule has 11 heteroatoms. The van der Waals surface area contributed by atoms with Crippen LogP contribution in [-0.2, 0) is 35.0 Å². The summed E-state index contributed by atoms with van der Waals surface area (Å²) in [6.45, 7) is 14.6. The molecule has 1 rings (SSSR count). The van der Waals surface area contributed by atoms with Gasteiger partial charge in [0.05, 0.1) is 7.11 Å². The summed E-state index contributed by atoms with van der Waals surface area (Å²) in [5, 5.41) is 0. The normalized spacial score (nSPS) is 14.8. The van der Waals surface area contributed by atoms with Crippen molar-refractivity contribution in [3.63, 3.8) is 0 Å². The Kier molecular flexibility index (Phi) is 14.6. The highest BCUT2D eigenvalue weighted by Crippen LogP contribution is 2.32. The Hall–Kier alpha value is -3.34. The molecular weight excluding hydrogens is 534 g/mol. The molecule has 0 saturated heterocycles. The molecular formula is C30H47NO10. The summed E-state index contributed by atoms with van der Waals surface area (Å²) in [7, 11) is 1.21. The molecule has 232 valence electrons. The summed E-state index contributed by atoms with van der Waals surface area (Å²) in [6.07, 6.45) is -1.81. The maximum absolute atomic E-state index is 12.8. The van der Waals surface area contributed by atoms with Gasteiger partial charge in [0.2, 0.25) is 0 Å². The van der Waals surface area contributed by atoms with E-state index in [0.717, 1.165) is 6.42 Å². The van der Waals surface area contributed by atoms with Crippen LogP contribution >= 0.6 is 0 Å². The lowest BCUT2D eigenvalue weighted by Crippen LogP contribution is -2.53. The zero-order valence-electron chi connectivity index (χ0n) is 25.8. The van der Waals surface area contributed by atoms with Crippen LogP contribution in [0, 0.1) is 11.8 Å². The summed E-state index contributed by atoms with van der Waals surface area (Å²) in [6, 6.07) is 4.38. The molecule has 11 nitrogen and oxygen atoms in total. The lowest BCUT2D eigenvalue weighted by Gasteiger charge is -2.29. The van der Waals surface area contributed by atoms with Crippen LogP contribution in [0.25, 0.3) is 0 Å². The Morgan fingerprint density at radius 3 is 1.85 bits per heavy atom. The molecule has 1 aromatic carbocycles. The number of nitrogens with two attached hydrogens (primary N) is 1. The first-order chi connectivity index (χ1) is 19.1. The SMILES string of the molecule is CCCCC(=O)O[C@@H](C)CC(N)(Cc1ccc(OC(=O)OC(C)C(C)C)c(OC(=O)OC(C)C(C)C)c1)C(=O)OC. The van der Waals surface area contributed by atoms with E-state index in [1.165, 1.54) is 19.2 Å². The third-order valence-corrected chi connectivity index (χ3v) is 6.67. The molecule has 0 radical (unpaired) electrons. The minimum absolute atomic E-state index is 0.0284. The zero-order valence-corrected chi connectivity index (χ0v) is 25.8. The highest BCUT2D eigenvalue weighted by Gasteiger charge is 2.38. The van der Waals surface area contributed by atoms with Crippen LogP contribution in [0.3, 0.4) is 0 Å². The van der Waals surface area contributed by atoms with Gasteiger partial charge in [-0.2, -0.15) is 0 Å². The van der Waals surface area contributed by atoms with Gasteiger partial charge in [0.15, 0.2) is 11.5 Å². The fourth-order valence-corrected chi connectivity index (χ4v) is 3.58. The molecule has 0 fully saturated rings. The van der Waals surface area contributed by atoms with Gasteiger partial charge in [0.25, 0.3) is 0 Å². The first-order valence-electron chi connectivity index (χ1n) is 14.1. The number of benzene rings is 1. The molecule has 2 N–H and O–H groups in total. The van der Waals surface area contributed by atoms with Gasteiger partial charge in [-0.1, -0.05) is 47.1 Å². The van der Waals surface area contributed by atoms with Crippen molar-refractivity contribution in [2.75, 3.05) is 7.11 Å². The van der Waals surface area contributed by atoms with Gasteiger partial charge in [0.1, 0.15) is 23.9 Å². The van der Waals surface area contributed by atoms with Crippen molar-refractivity contribution in [1.29, 1.82) is 0 Å². The van der Waals surface area contributed by atoms with Crippen LogP contribution in [0.1, 0.15) is 86.6 Å². The van der Waals surface area contributed by atoms with Crippen molar-refractivity contribution >= 4 is 24.2 Å². The Morgan fingerprint density at radius 2 is 1.37 bits per heavy atom. The quantitative estimate of drug-likeness (QED) is 0.154. The standard InChI is InChI=1S/C30H47NO10/c1-10-11-12-26(32)37-20(6)16-30(31,27(33)36-9)17-23-13-14-24(40-28(34)38-21(7)18(2)3)25(15-23)41-29(35)39-22(8)19(4)5/h13-15,18-22H,10-12,16-17,31H2,1-9H3/t20-,21?,22?,30?/m0/s1. The minimum atomic E-state index is -1.59. The van der Waals surface area contributed by atoms with E-state index in [9.17, 15) is 19.2 Å². The third-order valence-electron chi connectivity index (χ3n) is 6.67. The van der Waals surface area contributed by atoms with Gasteiger partial charge < -0.3 is 34.2 Å². The highest BCUT2D eigenvalue weighted by atomic mass is 16.8. The van der Waals surface area contributed by atoms with Crippen molar-refractivity contribution in [3.8, 4) is 11.5 Å². The van der Waals surface area contributed by atoms with Crippen LogP contribution in [0.2, 0.25) is 0 Å². The molecule has 4 atom stereocenters. The number of methoxy groups -OCH3 is 1. The summed E-state index contributed by atoms with van der Waals surface area (Å²) >= 11 is 0. The van der Waals surface area contributed by atoms with Crippen LogP contribution in [-0.4, -0.2) is 55.2 Å². The number of esters is 2. The van der Waals surface area contributed by atoms with Gasteiger partial charge in [-0.05, 0) is 56.7 Å². The fourth-order valence-electron chi connectivity index (χ4n) is 3.58. The van der Waals surface area contributed by atoms with Crippen molar-refractivity contribution in [3.05, 3.63) is 23.8 Å². The Bertz CT molecular complexity index is 1020. The molecule has 3 unspecified atom stereocenters. The summed E-state index contributed by atoms with van der Waals surface area (Å²) in [5.74, 6) is -1.23. The minimum Gasteiger partial charge on any atom is -0.468 e. The summed E-state index contributed by atoms with van der Waals surface area (Å²) in [4.78, 5) is 49.8. The van der Waals surface area contributed by atoms with Gasteiger partial charge in [-0.3, -0.25) is 9.59 Å². The number of ether oxygens (including phenoxy) is 6. The highest BCUT2D eigenvalue weighted by molar-refractivity contribution is 5.81. The zero-order chi connectivity index (χ0) is 31.3. The van der Waals surface area contributed by atoms with E-state index in [1.54, 1.807) is 26.8 Å². The van der Waals surface area contributed by atoms with Crippen molar-refractivity contribution in [2.24, 2.45) is 17.6 Å². The van der Waals surface area contributed by atoms with Gasteiger partial charge in [-0.15, -0.1) is 0 Å². The number of hydrogen-bond donors (Lipinski definition) is 1. The van der Waals surface area contributed by atoms with Gasteiger partial charge in [0, 0.05) is 19.3 Å². The second kappa shape index (κ2) is 16.8. The van der Waals surface area contributed by atoms with E-state index in [1.807, 2.05) is 34.6 Å². The number of carbonyl (C=O) groups is 4. The number of hydrogen-bond acceptors (Lipinski definition) is 11. The van der Waals surface area contributed by atoms with Crippen molar-refractivity contribution in [1.82, 2.24) is 0 Å². The topological polar surface area (TPSA) is 150 Å². The third kappa shape index (κ3) is 12.4. The predicted molar refractivity (Wildman–Crippen MR) is 152 cm³/mol. The second-order valence-electron chi connectivity index (χ2n) is 11.1. The van der Waals surface area contributed by atoms with E-state index < -0.39 is 42.1 Å². The van der Waals surface area contributed by atoms with E-state index in [0.29, 0.717) is 12.0 Å². The first kappa shape index (κ1) is 35.7. The van der Waals surface area contributed by atoms with Crippen LogP contribution < -0.4 is 15.2 Å². The van der Waals surface area contributed by atoms with E-state index in [-0.39, 0.29) is 48.6 Å². The van der Waals surface area contributed by atoms with Gasteiger partial charge >= 0.3 is 24.2 Å². The molecule has 0 aliphatic heterocycles. The molecule has 41 heavy (non-hydrogen) atoms. The number of carbonyl (C=O) groups excluding carboxylic acids is 4. The Balaban J connectivity index is 3.28. The molecule has 1 aromatic rings. The van der Waals surface area contributed by atoms with E-state index >= 15 is 0 Å². The summed E-state index contributed by atoms with van der Waals surface area (Å²) < 4.78 is 31.7. The fraction of sp³-hybridized carbons (Fsp3) is 0.667. The Labute approximate surface area is 243 Å². The average molecular weight is 582 g/mol. The van der Waals surface area contributed by atoms with Crippen LogP contribution in [0.4, 0.5) is 9.59 Å². The van der Waals surface area contributed by atoms with E-state index in [2.05, 4.69) is 0 Å². The molecule has 0 saturated carbocycles. The number of unbranched alkanes of at least 4 members (excludes halogenated alkanes) is 1. The maximum atomic E-state index is 12.8. The molecule has 0 aliphatic carbocycles. The molecule has 0 bridgehead atoms. The summed E-state index contributed by atoms with van der Waals surface area (Å²) in [5.41, 5.74) is 5.38. The van der Waals surface area contributed by atoms with Gasteiger partial charge in [-0.25, -0.2) is 9.59 Å². The molecule has 0 heterocycles. The molecule has 0 aromatic heterocycles. The largest absolute Gasteiger partial charge is 0.514 e. The second-order valence-corrected chi connectivity index (χ2v) is 11.1. The molecule has 0 amide bonds. The number of rotatable bonds is 15. The van der Waals surface area contributed by atoms with Crippen molar-refractivity contribution in [2.45, 2.75) is 111 Å². The Morgan fingerprint density at radius 1 is 0.829 bits per heavy atom. The van der Waals surface area contributed by atoms with Crippen LogP contribution in [0.5, 0.6) is 11.5 Å². The maximum Gasteiger partial charge on any atom is 0.514 e.